The quantitative estimate of drug-likeness (QED) is 0.617. The Bertz CT molecular complexity index is 1100. The summed E-state index contributed by atoms with van der Waals surface area (Å²) in [6.07, 6.45) is 2.94. The standard InChI is InChI=1S/C28H32N2O5/c1-2-18(14-25(31)30-15-24(26(32)33)28(17-30)12-7-13-28)29-27(34)35-16-23-21-10-5-3-8-19(21)20-9-4-6-11-22(20)23/h3-6,8-11,18,23-24H,2,7,12-17H2,1H3,(H,29,34)(H,32,33). The predicted octanol–water partition coefficient (Wildman–Crippen LogP) is 4.41. The third kappa shape index (κ3) is 4.28. The average molecular weight is 477 g/mol. The van der Waals surface area contributed by atoms with E-state index < -0.39 is 18.0 Å². The van der Waals surface area contributed by atoms with Crippen molar-refractivity contribution >= 4 is 18.0 Å². The van der Waals surface area contributed by atoms with Crippen LogP contribution in [0.4, 0.5) is 4.79 Å². The minimum atomic E-state index is -0.816. The molecule has 0 radical (unpaired) electrons. The van der Waals surface area contributed by atoms with Crippen LogP contribution < -0.4 is 5.32 Å². The molecule has 184 valence electrons. The summed E-state index contributed by atoms with van der Waals surface area (Å²) in [4.78, 5) is 39.0. The summed E-state index contributed by atoms with van der Waals surface area (Å²) in [5.41, 5.74) is 4.38. The van der Waals surface area contributed by atoms with Crippen LogP contribution >= 0.6 is 0 Å². The largest absolute Gasteiger partial charge is 0.481 e. The maximum atomic E-state index is 13.0. The van der Waals surface area contributed by atoms with Crippen LogP contribution in [0.25, 0.3) is 11.1 Å². The zero-order valence-corrected chi connectivity index (χ0v) is 20.0. The van der Waals surface area contributed by atoms with Crippen LogP contribution in [0.3, 0.4) is 0 Å². The van der Waals surface area contributed by atoms with E-state index in [0.717, 1.165) is 30.4 Å². The van der Waals surface area contributed by atoms with Crippen molar-refractivity contribution in [2.24, 2.45) is 11.3 Å². The number of benzene rings is 2. The number of carbonyl (C=O) groups excluding carboxylic acids is 2. The maximum absolute atomic E-state index is 13.0. The molecular formula is C28H32N2O5. The third-order valence-corrected chi connectivity index (χ3v) is 8.23. The molecule has 2 N–H and O–H groups in total. The molecular weight excluding hydrogens is 444 g/mol. The predicted molar refractivity (Wildman–Crippen MR) is 131 cm³/mol. The van der Waals surface area contributed by atoms with Crippen LogP contribution in [0, 0.1) is 11.3 Å². The zero-order chi connectivity index (χ0) is 24.6. The lowest BCUT2D eigenvalue weighted by Gasteiger charge is -2.41. The summed E-state index contributed by atoms with van der Waals surface area (Å²) in [6, 6.07) is 16.0. The Hall–Kier alpha value is -3.35. The Morgan fingerprint density at radius 2 is 1.71 bits per heavy atom. The fourth-order valence-electron chi connectivity index (χ4n) is 6.08. The van der Waals surface area contributed by atoms with E-state index in [1.54, 1.807) is 4.90 Å². The van der Waals surface area contributed by atoms with Crippen molar-refractivity contribution in [3.63, 3.8) is 0 Å². The van der Waals surface area contributed by atoms with E-state index >= 15 is 0 Å². The highest BCUT2D eigenvalue weighted by Gasteiger charge is 2.54. The molecule has 5 rings (SSSR count). The molecule has 1 aliphatic heterocycles. The lowest BCUT2D eigenvalue weighted by molar-refractivity contribution is -0.146. The van der Waals surface area contributed by atoms with Gasteiger partial charge in [0.1, 0.15) is 6.61 Å². The number of ether oxygens (including phenoxy) is 1. The number of carbonyl (C=O) groups is 3. The van der Waals surface area contributed by atoms with E-state index in [2.05, 4.69) is 29.6 Å². The Morgan fingerprint density at radius 3 is 2.23 bits per heavy atom. The second-order valence-electron chi connectivity index (χ2n) is 10.2. The Balaban J connectivity index is 1.17. The van der Waals surface area contributed by atoms with Crippen molar-refractivity contribution in [2.75, 3.05) is 19.7 Å². The topological polar surface area (TPSA) is 95.9 Å². The molecule has 0 aromatic heterocycles. The Kier molecular flexibility index (Phi) is 6.26. The lowest BCUT2D eigenvalue weighted by Crippen LogP contribution is -2.42. The van der Waals surface area contributed by atoms with E-state index in [1.165, 1.54) is 11.1 Å². The number of nitrogens with zero attached hydrogens (tertiary/aromatic N) is 1. The first-order chi connectivity index (χ1) is 16.9. The van der Waals surface area contributed by atoms with Gasteiger partial charge in [-0.1, -0.05) is 61.9 Å². The van der Waals surface area contributed by atoms with Crippen LogP contribution in [-0.2, 0) is 14.3 Å². The molecule has 3 aliphatic rings. The first-order valence-corrected chi connectivity index (χ1v) is 12.5. The summed E-state index contributed by atoms with van der Waals surface area (Å²) < 4.78 is 5.63. The van der Waals surface area contributed by atoms with E-state index in [4.69, 9.17) is 4.74 Å². The number of nitrogens with one attached hydrogen (secondary N) is 1. The third-order valence-electron chi connectivity index (χ3n) is 8.23. The van der Waals surface area contributed by atoms with Gasteiger partial charge in [-0.25, -0.2) is 4.79 Å². The van der Waals surface area contributed by atoms with Crippen molar-refractivity contribution in [3.05, 3.63) is 59.7 Å². The summed E-state index contributed by atoms with van der Waals surface area (Å²) in [5.74, 6) is -1.43. The molecule has 7 heteroatoms. The number of hydrogen-bond acceptors (Lipinski definition) is 4. The molecule has 2 fully saturated rings. The van der Waals surface area contributed by atoms with Crippen LogP contribution in [0.2, 0.25) is 0 Å². The van der Waals surface area contributed by atoms with E-state index in [-0.39, 0.29) is 42.9 Å². The summed E-state index contributed by atoms with van der Waals surface area (Å²) >= 11 is 0. The Labute approximate surface area is 205 Å². The van der Waals surface area contributed by atoms with Gasteiger partial charge in [0.05, 0.1) is 5.92 Å². The molecule has 2 unspecified atom stereocenters. The second-order valence-corrected chi connectivity index (χ2v) is 10.2. The molecule has 1 saturated heterocycles. The van der Waals surface area contributed by atoms with Gasteiger partial charge in [-0.15, -0.1) is 0 Å². The summed E-state index contributed by atoms with van der Waals surface area (Å²) in [5, 5.41) is 12.5. The first-order valence-electron chi connectivity index (χ1n) is 12.5. The minimum absolute atomic E-state index is 0.0222. The molecule has 0 bridgehead atoms. The van der Waals surface area contributed by atoms with Gasteiger partial charge in [0.2, 0.25) is 5.91 Å². The van der Waals surface area contributed by atoms with Gasteiger partial charge in [-0.3, -0.25) is 9.59 Å². The van der Waals surface area contributed by atoms with Gasteiger partial charge in [-0.2, -0.15) is 0 Å². The van der Waals surface area contributed by atoms with Gasteiger partial charge in [0.25, 0.3) is 0 Å². The fraction of sp³-hybridized carbons (Fsp3) is 0.464. The van der Waals surface area contributed by atoms with Crippen LogP contribution in [0.15, 0.2) is 48.5 Å². The highest BCUT2D eigenvalue weighted by Crippen LogP contribution is 2.52. The number of amides is 2. The van der Waals surface area contributed by atoms with Crippen LogP contribution in [0.1, 0.15) is 56.1 Å². The maximum Gasteiger partial charge on any atom is 0.407 e. The number of aliphatic carboxylic acids is 1. The molecule has 2 aromatic rings. The minimum Gasteiger partial charge on any atom is -0.481 e. The number of hydrogen-bond donors (Lipinski definition) is 2. The lowest BCUT2D eigenvalue weighted by atomic mass is 9.63. The Morgan fingerprint density at radius 1 is 1.09 bits per heavy atom. The number of likely N-dealkylation sites (tertiary alicyclic amines) is 1. The molecule has 1 heterocycles. The molecule has 2 aromatic carbocycles. The first kappa shape index (κ1) is 23.4. The van der Waals surface area contributed by atoms with Gasteiger partial charge in [-0.05, 0) is 41.5 Å². The number of carboxylic acids is 1. The van der Waals surface area contributed by atoms with Crippen molar-refractivity contribution in [3.8, 4) is 11.1 Å². The number of rotatable bonds is 7. The van der Waals surface area contributed by atoms with Gasteiger partial charge < -0.3 is 20.1 Å². The van der Waals surface area contributed by atoms with Gasteiger partial charge in [0.15, 0.2) is 0 Å². The normalized spacial score (nSPS) is 20.6. The molecule has 1 saturated carbocycles. The summed E-state index contributed by atoms with van der Waals surface area (Å²) in [6.45, 7) is 2.90. The fourth-order valence-corrected chi connectivity index (χ4v) is 6.08. The SMILES string of the molecule is CCC(CC(=O)N1CC(C(=O)O)C2(CCC2)C1)NC(=O)OCC1c2ccccc2-c2ccccc21. The van der Waals surface area contributed by atoms with Crippen molar-refractivity contribution in [1.29, 1.82) is 0 Å². The monoisotopic (exact) mass is 476 g/mol. The van der Waals surface area contributed by atoms with Crippen molar-refractivity contribution in [1.82, 2.24) is 10.2 Å². The molecule has 35 heavy (non-hydrogen) atoms. The number of fused-ring (bicyclic) bond motifs is 3. The van der Waals surface area contributed by atoms with Crippen LogP contribution in [-0.4, -0.2) is 53.7 Å². The second kappa shape index (κ2) is 9.36. The van der Waals surface area contributed by atoms with Crippen molar-refractivity contribution < 1.29 is 24.2 Å². The zero-order valence-electron chi connectivity index (χ0n) is 20.0. The molecule has 1 spiro atoms. The molecule has 2 atom stereocenters. The van der Waals surface area contributed by atoms with E-state index in [0.29, 0.717) is 13.0 Å². The highest BCUT2D eigenvalue weighted by atomic mass is 16.5. The van der Waals surface area contributed by atoms with Crippen molar-refractivity contribution in [2.45, 2.75) is 51.0 Å². The smallest absolute Gasteiger partial charge is 0.407 e. The summed E-state index contributed by atoms with van der Waals surface area (Å²) in [7, 11) is 0. The number of alkyl carbamates (subject to hydrolysis) is 1. The van der Waals surface area contributed by atoms with E-state index in [9.17, 15) is 19.5 Å². The molecule has 2 aliphatic carbocycles. The van der Waals surface area contributed by atoms with E-state index in [1.807, 2.05) is 31.2 Å². The van der Waals surface area contributed by atoms with Crippen LogP contribution in [0.5, 0.6) is 0 Å². The number of carboxylic acid groups (broad SMARTS) is 1. The average Bonchev–Trinajstić information content (AvgIpc) is 3.40. The van der Waals surface area contributed by atoms with Gasteiger partial charge in [0, 0.05) is 36.9 Å². The molecule has 7 nitrogen and oxygen atoms in total. The molecule has 2 amide bonds. The highest BCUT2D eigenvalue weighted by molar-refractivity contribution is 5.81. The van der Waals surface area contributed by atoms with Gasteiger partial charge >= 0.3 is 12.1 Å².